The van der Waals surface area contributed by atoms with Crippen LogP contribution < -0.4 is 0 Å². The highest BCUT2D eigenvalue weighted by atomic mass is 32.2. The summed E-state index contributed by atoms with van der Waals surface area (Å²) in [5, 5.41) is 18.4. The summed E-state index contributed by atoms with van der Waals surface area (Å²) in [6.45, 7) is 0. The van der Waals surface area contributed by atoms with Gasteiger partial charge in [-0.05, 0) is 38.5 Å². The zero-order valence-corrected chi connectivity index (χ0v) is 15.9. The molecule has 7 heteroatoms. The van der Waals surface area contributed by atoms with Gasteiger partial charge >= 0.3 is 5.97 Å². The van der Waals surface area contributed by atoms with E-state index in [0.29, 0.717) is 19.3 Å². The number of rotatable bonds is 17. The second-order valence-electron chi connectivity index (χ2n) is 6.55. The molecule has 3 N–H and O–H groups in total. The monoisotopic (exact) mass is 378 g/mol. The van der Waals surface area contributed by atoms with Crippen LogP contribution in [-0.4, -0.2) is 41.0 Å². The van der Waals surface area contributed by atoms with Crippen molar-refractivity contribution in [2.75, 3.05) is 5.75 Å². The lowest BCUT2D eigenvalue weighted by Gasteiger charge is -2.07. The standard InChI is InChI=1S/C18H34O6S/c19-17(14-10-7-8-12-16-25(22,23)24)13-9-5-3-1-2-4-6-11-15-18(20)21/h5,9,17,19H,1-4,6-8,10-16H2,(H,20,21)(H,22,23,24)/t17-/m0/s1. The van der Waals surface area contributed by atoms with E-state index in [1.54, 1.807) is 0 Å². The molecule has 0 aromatic carbocycles. The molecule has 0 fully saturated rings. The Morgan fingerprint density at radius 1 is 0.880 bits per heavy atom. The maximum atomic E-state index is 10.5. The van der Waals surface area contributed by atoms with E-state index in [4.69, 9.17) is 9.66 Å². The van der Waals surface area contributed by atoms with E-state index >= 15 is 0 Å². The molecule has 0 aliphatic carbocycles. The van der Waals surface area contributed by atoms with Crippen molar-refractivity contribution in [3.63, 3.8) is 0 Å². The molecule has 6 nitrogen and oxygen atoms in total. The van der Waals surface area contributed by atoms with Gasteiger partial charge in [-0.1, -0.05) is 50.7 Å². The minimum absolute atomic E-state index is 0.183. The largest absolute Gasteiger partial charge is 0.481 e. The molecule has 0 unspecified atom stereocenters. The number of unbranched alkanes of at least 4 members (excludes halogenated alkanes) is 8. The second kappa shape index (κ2) is 15.3. The number of aliphatic carboxylic acids is 1. The number of hydrogen-bond acceptors (Lipinski definition) is 4. The maximum absolute atomic E-state index is 10.5. The normalized spacial score (nSPS) is 13.4. The highest BCUT2D eigenvalue weighted by Crippen LogP contribution is 2.11. The van der Waals surface area contributed by atoms with Crippen LogP contribution in [0.3, 0.4) is 0 Å². The molecule has 0 heterocycles. The molecule has 148 valence electrons. The van der Waals surface area contributed by atoms with Crippen molar-refractivity contribution in [3.8, 4) is 0 Å². The van der Waals surface area contributed by atoms with Gasteiger partial charge < -0.3 is 10.2 Å². The van der Waals surface area contributed by atoms with Crippen molar-refractivity contribution in [2.24, 2.45) is 0 Å². The molecule has 0 spiro atoms. The molecule has 0 aliphatic heterocycles. The Hall–Kier alpha value is -0.920. The van der Waals surface area contributed by atoms with Gasteiger partial charge in [0.2, 0.25) is 0 Å². The van der Waals surface area contributed by atoms with E-state index in [2.05, 4.69) is 6.08 Å². The van der Waals surface area contributed by atoms with Crippen molar-refractivity contribution in [1.29, 1.82) is 0 Å². The third-order valence-electron chi connectivity index (χ3n) is 4.03. The Morgan fingerprint density at radius 3 is 2.16 bits per heavy atom. The molecule has 0 rings (SSSR count). The summed E-state index contributed by atoms with van der Waals surface area (Å²) in [7, 11) is -3.84. The Morgan fingerprint density at radius 2 is 1.48 bits per heavy atom. The number of allylic oxidation sites excluding steroid dienone is 1. The van der Waals surface area contributed by atoms with Crippen LogP contribution in [0.25, 0.3) is 0 Å². The zero-order chi connectivity index (χ0) is 19.0. The minimum atomic E-state index is -3.84. The molecular formula is C18H34O6S. The molecule has 0 amide bonds. The molecule has 0 saturated carbocycles. The third-order valence-corrected chi connectivity index (χ3v) is 4.83. The van der Waals surface area contributed by atoms with Crippen LogP contribution in [0.15, 0.2) is 12.2 Å². The van der Waals surface area contributed by atoms with Gasteiger partial charge in [0.15, 0.2) is 0 Å². The predicted molar refractivity (Wildman–Crippen MR) is 99.2 cm³/mol. The molecule has 0 bridgehead atoms. The molecule has 0 radical (unpaired) electrons. The van der Waals surface area contributed by atoms with Crippen LogP contribution in [0.2, 0.25) is 0 Å². The van der Waals surface area contributed by atoms with Crippen LogP contribution >= 0.6 is 0 Å². The molecule has 0 aromatic rings. The van der Waals surface area contributed by atoms with E-state index < -0.39 is 16.1 Å². The topological polar surface area (TPSA) is 112 Å². The fourth-order valence-corrected chi connectivity index (χ4v) is 3.14. The predicted octanol–water partition coefficient (Wildman–Crippen LogP) is 3.95. The van der Waals surface area contributed by atoms with Crippen molar-refractivity contribution < 1.29 is 28.0 Å². The number of carboxylic acids is 1. The first kappa shape index (κ1) is 24.1. The average Bonchev–Trinajstić information content (AvgIpc) is 2.51. The fourth-order valence-electron chi connectivity index (χ4n) is 2.58. The van der Waals surface area contributed by atoms with Crippen molar-refractivity contribution in [1.82, 2.24) is 0 Å². The van der Waals surface area contributed by atoms with E-state index in [1.807, 2.05) is 6.08 Å². The Labute approximate surface area is 152 Å². The third kappa shape index (κ3) is 21.0. The number of aliphatic hydroxyl groups is 1. The molecule has 0 saturated heterocycles. The number of carboxylic acid groups (broad SMARTS) is 1. The molecule has 0 aromatic heterocycles. The van der Waals surface area contributed by atoms with Crippen LogP contribution in [0.5, 0.6) is 0 Å². The smallest absolute Gasteiger partial charge is 0.303 e. The van der Waals surface area contributed by atoms with E-state index in [9.17, 15) is 18.3 Å². The molecule has 1 atom stereocenters. The van der Waals surface area contributed by atoms with Gasteiger partial charge in [0.25, 0.3) is 10.1 Å². The maximum Gasteiger partial charge on any atom is 0.303 e. The summed E-state index contributed by atoms with van der Waals surface area (Å²) in [6.07, 6.45) is 14.3. The summed E-state index contributed by atoms with van der Waals surface area (Å²) in [6, 6.07) is 0. The summed E-state index contributed by atoms with van der Waals surface area (Å²) in [5.74, 6) is -0.905. The van der Waals surface area contributed by atoms with E-state index in [-0.39, 0.29) is 18.3 Å². The van der Waals surface area contributed by atoms with Crippen molar-refractivity contribution >= 4 is 16.1 Å². The van der Waals surface area contributed by atoms with Gasteiger partial charge in [0.1, 0.15) is 0 Å². The Balaban J connectivity index is 3.37. The average molecular weight is 379 g/mol. The summed E-state index contributed by atoms with van der Waals surface area (Å²) in [5.41, 5.74) is 0. The summed E-state index contributed by atoms with van der Waals surface area (Å²) < 4.78 is 29.7. The molecule has 0 aliphatic rings. The number of carbonyl (C=O) groups is 1. The van der Waals surface area contributed by atoms with Gasteiger partial charge in [0, 0.05) is 6.42 Å². The Bertz CT molecular complexity index is 458. The Kier molecular flexibility index (Phi) is 14.8. The van der Waals surface area contributed by atoms with E-state index in [1.165, 1.54) is 0 Å². The van der Waals surface area contributed by atoms with Gasteiger partial charge in [-0.15, -0.1) is 0 Å². The second-order valence-corrected chi connectivity index (χ2v) is 8.12. The first-order chi connectivity index (χ1) is 11.8. The first-order valence-corrected chi connectivity index (χ1v) is 10.9. The first-order valence-electron chi connectivity index (χ1n) is 9.31. The minimum Gasteiger partial charge on any atom is -0.481 e. The fraction of sp³-hybridized carbons (Fsp3) is 0.833. The van der Waals surface area contributed by atoms with Crippen molar-refractivity contribution in [2.45, 2.75) is 89.6 Å². The lowest BCUT2D eigenvalue weighted by molar-refractivity contribution is -0.137. The lowest BCUT2D eigenvalue weighted by atomic mass is 10.1. The lowest BCUT2D eigenvalue weighted by Crippen LogP contribution is -2.05. The number of hydrogen-bond donors (Lipinski definition) is 3. The highest BCUT2D eigenvalue weighted by Gasteiger charge is 2.04. The summed E-state index contributed by atoms with van der Waals surface area (Å²) >= 11 is 0. The molecular weight excluding hydrogens is 344 g/mol. The van der Waals surface area contributed by atoms with Crippen LogP contribution in [0, 0.1) is 0 Å². The van der Waals surface area contributed by atoms with Gasteiger partial charge in [0.05, 0.1) is 11.9 Å². The summed E-state index contributed by atoms with van der Waals surface area (Å²) in [4.78, 5) is 10.3. The van der Waals surface area contributed by atoms with Crippen LogP contribution in [0.4, 0.5) is 0 Å². The van der Waals surface area contributed by atoms with Crippen molar-refractivity contribution in [3.05, 3.63) is 12.2 Å². The highest BCUT2D eigenvalue weighted by molar-refractivity contribution is 7.85. The van der Waals surface area contributed by atoms with Gasteiger partial charge in [-0.2, -0.15) is 8.42 Å². The number of aliphatic hydroxyl groups excluding tert-OH is 1. The van der Waals surface area contributed by atoms with Gasteiger partial charge in [-0.3, -0.25) is 9.35 Å². The zero-order valence-electron chi connectivity index (χ0n) is 15.1. The van der Waals surface area contributed by atoms with Gasteiger partial charge in [-0.25, -0.2) is 0 Å². The van der Waals surface area contributed by atoms with E-state index in [0.717, 1.165) is 57.8 Å². The van der Waals surface area contributed by atoms with Crippen LogP contribution in [0.1, 0.15) is 83.5 Å². The SMILES string of the molecule is O=C(O)CCCCCCCC=CC[C@H](O)CCCCCCS(=O)(=O)O. The van der Waals surface area contributed by atoms with Crippen LogP contribution in [-0.2, 0) is 14.9 Å². The molecule has 25 heavy (non-hydrogen) atoms. The quantitative estimate of drug-likeness (QED) is 0.201.